The van der Waals surface area contributed by atoms with Gasteiger partial charge in [-0.1, -0.05) is 47.5 Å². The second-order valence-corrected chi connectivity index (χ2v) is 7.13. The molecule has 0 saturated heterocycles. The maximum absolute atomic E-state index is 12.9. The lowest BCUT2D eigenvalue weighted by Crippen LogP contribution is -2.25. The topological polar surface area (TPSA) is 59.8 Å². The monoisotopic (exact) mass is 422 g/mol. The Kier molecular flexibility index (Phi) is 5.60. The molecule has 0 aliphatic heterocycles. The van der Waals surface area contributed by atoms with Crippen LogP contribution in [0.5, 0.6) is 0 Å². The molecule has 4 rings (SSSR count). The molecule has 5 nitrogen and oxygen atoms in total. The van der Waals surface area contributed by atoms with Crippen LogP contribution >= 0.6 is 23.2 Å². The minimum absolute atomic E-state index is 0.267. The highest BCUT2D eigenvalue weighted by molar-refractivity contribution is 6.33. The number of carbonyl (C=O) groups is 1. The Balaban J connectivity index is 1.71. The summed E-state index contributed by atoms with van der Waals surface area (Å²) in [5, 5.41) is 8.69. The molecule has 0 atom stereocenters. The summed E-state index contributed by atoms with van der Waals surface area (Å²) in [5.74, 6) is -0.267. The molecular weight excluding hydrogens is 407 g/mol. The van der Waals surface area contributed by atoms with Gasteiger partial charge in [-0.15, -0.1) is 0 Å². The van der Waals surface area contributed by atoms with Gasteiger partial charge >= 0.3 is 0 Å². The molecule has 2 heterocycles. The first-order chi connectivity index (χ1) is 14.1. The zero-order valence-corrected chi connectivity index (χ0v) is 16.7. The van der Waals surface area contributed by atoms with Crippen LogP contribution < -0.4 is 5.32 Å². The average Bonchev–Trinajstić information content (AvgIpc) is 3.19. The van der Waals surface area contributed by atoms with Gasteiger partial charge in [-0.2, -0.15) is 5.10 Å². The van der Waals surface area contributed by atoms with E-state index in [0.29, 0.717) is 28.0 Å². The van der Waals surface area contributed by atoms with E-state index in [1.807, 2.05) is 36.4 Å². The Bertz CT molecular complexity index is 1140. The molecule has 2 aromatic carbocycles. The number of benzene rings is 2. The van der Waals surface area contributed by atoms with Crippen LogP contribution in [0.15, 0.2) is 79.0 Å². The van der Waals surface area contributed by atoms with Crippen molar-refractivity contribution in [3.63, 3.8) is 0 Å². The Morgan fingerprint density at radius 2 is 1.72 bits per heavy atom. The zero-order chi connectivity index (χ0) is 20.2. The predicted molar refractivity (Wildman–Crippen MR) is 114 cm³/mol. The maximum atomic E-state index is 12.9. The fourth-order valence-corrected chi connectivity index (χ4v) is 3.25. The Hall–Kier alpha value is -3.15. The van der Waals surface area contributed by atoms with Gasteiger partial charge in [0.2, 0.25) is 0 Å². The third kappa shape index (κ3) is 4.31. The van der Waals surface area contributed by atoms with Gasteiger partial charge in [0, 0.05) is 16.8 Å². The molecule has 29 heavy (non-hydrogen) atoms. The highest BCUT2D eigenvalue weighted by Crippen LogP contribution is 2.28. The van der Waals surface area contributed by atoms with Crippen molar-refractivity contribution in [3.8, 4) is 16.9 Å². The van der Waals surface area contributed by atoms with Crippen molar-refractivity contribution in [2.24, 2.45) is 0 Å². The molecule has 0 aliphatic rings. The summed E-state index contributed by atoms with van der Waals surface area (Å²) >= 11 is 12.3. The second-order valence-electron chi connectivity index (χ2n) is 6.29. The highest BCUT2D eigenvalue weighted by atomic mass is 35.5. The van der Waals surface area contributed by atoms with Gasteiger partial charge in [0.15, 0.2) is 0 Å². The number of rotatable bonds is 5. The molecule has 0 radical (unpaired) electrons. The average molecular weight is 423 g/mol. The van der Waals surface area contributed by atoms with Crippen LogP contribution in [-0.4, -0.2) is 20.7 Å². The van der Waals surface area contributed by atoms with Crippen molar-refractivity contribution in [3.05, 3.63) is 100 Å². The number of halogens is 2. The van der Waals surface area contributed by atoms with Crippen LogP contribution in [0, 0.1) is 0 Å². The summed E-state index contributed by atoms with van der Waals surface area (Å²) < 4.78 is 1.59. The SMILES string of the molecule is O=C(NCc1ccccn1)c1cc(-c2ccccc2Cl)nn1-c1ccc(Cl)cc1. The van der Waals surface area contributed by atoms with Gasteiger partial charge in [-0.3, -0.25) is 9.78 Å². The van der Waals surface area contributed by atoms with E-state index in [-0.39, 0.29) is 5.91 Å². The van der Waals surface area contributed by atoms with Crippen molar-refractivity contribution in [2.45, 2.75) is 6.54 Å². The van der Waals surface area contributed by atoms with Crippen LogP contribution in [0.1, 0.15) is 16.2 Å². The third-order valence-electron chi connectivity index (χ3n) is 4.32. The molecule has 2 aromatic heterocycles. The number of hydrogen-bond donors (Lipinski definition) is 1. The van der Waals surface area contributed by atoms with Crippen LogP contribution in [-0.2, 0) is 6.54 Å². The summed E-state index contributed by atoms with van der Waals surface area (Å²) in [6.45, 7) is 0.312. The van der Waals surface area contributed by atoms with E-state index in [0.717, 1.165) is 16.9 Å². The van der Waals surface area contributed by atoms with E-state index in [1.165, 1.54) is 0 Å². The zero-order valence-electron chi connectivity index (χ0n) is 15.2. The fourth-order valence-electron chi connectivity index (χ4n) is 2.89. The minimum atomic E-state index is -0.267. The molecule has 0 aliphatic carbocycles. The van der Waals surface area contributed by atoms with Crippen molar-refractivity contribution >= 4 is 29.1 Å². The quantitative estimate of drug-likeness (QED) is 0.482. The largest absolute Gasteiger partial charge is 0.345 e. The first kappa shape index (κ1) is 19.2. The summed E-state index contributed by atoms with van der Waals surface area (Å²) in [7, 11) is 0. The lowest BCUT2D eigenvalue weighted by atomic mass is 10.1. The first-order valence-corrected chi connectivity index (χ1v) is 9.66. The lowest BCUT2D eigenvalue weighted by Gasteiger charge is -2.08. The van der Waals surface area contributed by atoms with E-state index < -0.39 is 0 Å². The van der Waals surface area contributed by atoms with Crippen molar-refractivity contribution in [1.82, 2.24) is 20.1 Å². The normalized spacial score (nSPS) is 10.7. The minimum Gasteiger partial charge on any atom is -0.345 e. The summed E-state index contributed by atoms with van der Waals surface area (Å²) in [4.78, 5) is 17.2. The van der Waals surface area contributed by atoms with Gasteiger partial charge in [-0.05, 0) is 48.5 Å². The van der Waals surface area contributed by atoms with E-state index >= 15 is 0 Å². The van der Waals surface area contributed by atoms with Crippen LogP contribution in [0.4, 0.5) is 0 Å². The van der Waals surface area contributed by atoms with E-state index in [9.17, 15) is 4.79 Å². The molecule has 0 spiro atoms. The number of amides is 1. The summed E-state index contributed by atoms with van der Waals surface area (Å²) in [6.07, 6.45) is 1.69. The van der Waals surface area contributed by atoms with Crippen molar-refractivity contribution < 1.29 is 4.79 Å². The smallest absolute Gasteiger partial charge is 0.270 e. The molecule has 1 N–H and O–H groups in total. The number of pyridine rings is 1. The number of nitrogens with one attached hydrogen (secondary N) is 1. The van der Waals surface area contributed by atoms with E-state index in [4.69, 9.17) is 23.2 Å². The first-order valence-electron chi connectivity index (χ1n) is 8.91. The number of hydrogen-bond acceptors (Lipinski definition) is 3. The number of aromatic nitrogens is 3. The van der Waals surface area contributed by atoms with Gasteiger partial charge < -0.3 is 5.32 Å². The maximum Gasteiger partial charge on any atom is 0.270 e. The summed E-state index contributed by atoms with van der Waals surface area (Å²) in [6, 6.07) is 21.8. The van der Waals surface area contributed by atoms with Gasteiger partial charge in [0.05, 0.1) is 28.6 Å². The molecule has 1 amide bonds. The molecule has 0 fully saturated rings. The number of nitrogens with zero attached hydrogens (tertiary/aromatic N) is 3. The highest BCUT2D eigenvalue weighted by Gasteiger charge is 2.18. The second kappa shape index (κ2) is 8.47. The summed E-state index contributed by atoms with van der Waals surface area (Å²) in [5.41, 5.74) is 3.23. The Morgan fingerprint density at radius 1 is 0.966 bits per heavy atom. The van der Waals surface area contributed by atoms with E-state index in [2.05, 4.69) is 15.4 Å². The molecule has 7 heteroatoms. The number of carbonyl (C=O) groups excluding carboxylic acids is 1. The van der Waals surface area contributed by atoms with Crippen molar-refractivity contribution in [1.29, 1.82) is 0 Å². The van der Waals surface area contributed by atoms with E-state index in [1.54, 1.807) is 47.3 Å². The Morgan fingerprint density at radius 3 is 2.45 bits per heavy atom. The standard InChI is InChI=1S/C22H16Cl2N4O/c23-15-8-10-17(11-9-15)28-21(22(29)26-14-16-5-3-4-12-25-16)13-20(27-28)18-6-1-2-7-19(18)24/h1-13H,14H2,(H,26,29). The van der Waals surface area contributed by atoms with Gasteiger partial charge in [0.25, 0.3) is 5.91 Å². The third-order valence-corrected chi connectivity index (χ3v) is 4.90. The molecule has 4 aromatic rings. The molecule has 0 saturated carbocycles. The van der Waals surface area contributed by atoms with Gasteiger partial charge in [-0.25, -0.2) is 4.68 Å². The molecule has 0 unspecified atom stereocenters. The molecular formula is C22H16Cl2N4O. The molecule has 144 valence electrons. The van der Waals surface area contributed by atoms with Crippen LogP contribution in [0.3, 0.4) is 0 Å². The lowest BCUT2D eigenvalue weighted by molar-refractivity contribution is 0.0942. The van der Waals surface area contributed by atoms with Crippen LogP contribution in [0.25, 0.3) is 16.9 Å². The van der Waals surface area contributed by atoms with Crippen LogP contribution in [0.2, 0.25) is 10.0 Å². The van der Waals surface area contributed by atoms with Crippen molar-refractivity contribution in [2.75, 3.05) is 0 Å². The Labute approximate surface area is 177 Å². The predicted octanol–water partition coefficient (Wildman–Crippen LogP) is 5.17. The molecule has 0 bridgehead atoms. The fraction of sp³-hybridized carbons (Fsp3) is 0.0455. The van der Waals surface area contributed by atoms with Gasteiger partial charge in [0.1, 0.15) is 5.69 Å².